The fourth-order valence-electron chi connectivity index (χ4n) is 3.43. The summed E-state index contributed by atoms with van der Waals surface area (Å²) in [7, 11) is -3.66. The van der Waals surface area contributed by atoms with Gasteiger partial charge in [-0.3, -0.25) is 9.89 Å². The summed E-state index contributed by atoms with van der Waals surface area (Å²) in [6.45, 7) is 2.49. The summed E-state index contributed by atoms with van der Waals surface area (Å²) in [5.41, 5.74) is -1.82. The Labute approximate surface area is 154 Å². The Balaban J connectivity index is 1.81. The lowest BCUT2D eigenvalue weighted by molar-refractivity contribution is -0.141. The lowest BCUT2D eigenvalue weighted by atomic mass is 10.1. The maximum atomic E-state index is 13.1. The molecule has 0 spiro atoms. The number of amides is 1. The second-order valence-corrected chi connectivity index (χ2v) is 8.85. The molecule has 12 heteroatoms. The Morgan fingerprint density at radius 2 is 1.93 bits per heavy atom. The number of halogens is 3. The zero-order valence-corrected chi connectivity index (χ0v) is 15.6. The first-order chi connectivity index (χ1) is 12.6. The molecule has 0 bridgehead atoms. The van der Waals surface area contributed by atoms with Gasteiger partial charge in [0.25, 0.3) is 5.91 Å². The van der Waals surface area contributed by atoms with Gasteiger partial charge in [-0.05, 0) is 19.8 Å². The number of hydrogen-bond acceptors (Lipinski definition) is 5. The number of aryl methyl sites for hydroxylation is 1. The zero-order valence-electron chi connectivity index (χ0n) is 14.8. The van der Waals surface area contributed by atoms with E-state index in [0.29, 0.717) is 26.1 Å². The van der Waals surface area contributed by atoms with Crippen molar-refractivity contribution in [3.05, 3.63) is 17.0 Å². The van der Waals surface area contributed by atoms with Crippen LogP contribution in [0.3, 0.4) is 0 Å². The summed E-state index contributed by atoms with van der Waals surface area (Å²) < 4.78 is 71.5. The van der Waals surface area contributed by atoms with Crippen LogP contribution in [0.25, 0.3) is 0 Å². The fraction of sp³-hybridized carbons (Fsp3) is 0.733. The van der Waals surface area contributed by atoms with Gasteiger partial charge in [-0.1, -0.05) is 0 Å². The molecule has 2 aliphatic heterocycles. The highest BCUT2D eigenvalue weighted by molar-refractivity contribution is 7.89. The Hall–Kier alpha value is -1.66. The number of ether oxygens (including phenoxy) is 1. The topological polar surface area (TPSA) is 95.6 Å². The highest BCUT2D eigenvalue weighted by atomic mass is 32.2. The maximum absolute atomic E-state index is 13.1. The third-order valence-corrected chi connectivity index (χ3v) is 7.16. The highest BCUT2D eigenvalue weighted by Crippen LogP contribution is 2.33. The highest BCUT2D eigenvalue weighted by Gasteiger charge is 2.43. The summed E-state index contributed by atoms with van der Waals surface area (Å²) in [5, 5.41) is 4.57. The molecule has 1 amide bonds. The summed E-state index contributed by atoms with van der Waals surface area (Å²) in [6, 6.07) is 0. The smallest absolute Gasteiger partial charge is 0.379 e. The van der Waals surface area contributed by atoms with Crippen LogP contribution in [0.5, 0.6) is 0 Å². The Morgan fingerprint density at radius 3 is 2.56 bits per heavy atom. The predicted molar refractivity (Wildman–Crippen MR) is 88.6 cm³/mol. The molecule has 0 aliphatic carbocycles. The van der Waals surface area contributed by atoms with Crippen LogP contribution in [0, 0.1) is 6.92 Å². The molecule has 0 radical (unpaired) electrons. The van der Waals surface area contributed by atoms with E-state index in [2.05, 4.69) is 10.2 Å². The summed E-state index contributed by atoms with van der Waals surface area (Å²) in [5.74, 6) is -0.851. The third-order valence-electron chi connectivity index (χ3n) is 4.85. The van der Waals surface area contributed by atoms with Crippen LogP contribution >= 0.6 is 0 Å². The molecule has 1 N–H and O–H groups in total. The minimum atomic E-state index is -4.77. The number of likely N-dealkylation sites (tertiary alicyclic amines) is 1. The number of aromatic nitrogens is 2. The van der Waals surface area contributed by atoms with Crippen LogP contribution in [-0.4, -0.2) is 78.4 Å². The molecule has 2 aliphatic rings. The number of nitrogens with zero attached hydrogens (tertiary/aromatic N) is 3. The van der Waals surface area contributed by atoms with E-state index >= 15 is 0 Å². The van der Waals surface area contributed by atoms with Gasteiger partial charge in [-0.15, -0.1) is 0 Å². The van der Waals surface area contributed by atoms with E-state index in [1.807, 2.05) is 0 Å². The van der Waals surface area contributed by atoms with Gasteiger partial charge in [0, 0.05) is 31.9 Å². The number of hydrogen-bond donors (Lipinski definition) is 1. The first-order valence-electron chi connectivity index (χ1n) is 8.60. The molecule has 8 nitrogen and oxygen atoms in total. The van der Waals surface area contributed by atoms with Crippen molar-refractivity contribution in [3.8, 4) is 0 Å². The first-order valence-corrected chi connectivity index (χ1v) is 10.1. The summed E-state index contributed by atoms with van der Waals surface area (Å²) in [4.78, 5) is 13.9. The second kappa shape index (κ2) is 7.40. The molecule has 1 aromatic heterocycles. The van der Waals surface area contributed by atoms with Gasteiger partial charge in [0.1, 0.15) is 0 Å². The SMILES string of the molecule is Cc1[nH]nc(C(F)(F)F)c1C(=O)N1CCCC(S(=O)(=O)N2CCOCC2)C1. The molecule has 1 unspecified atom stereocenters. The molecular formula is C15H21F3N4O4S. The van der Waals surface area contributed by atoms with Gasteiger partial charge in [-0.25, -0.2) is 8.42 Å². The Bertz CT molecular complexity index is 802. The monoisotopic (exact) mass is 410 g/mol. The maximum Gasteiger partial charge on any atom is 0.435 e. The number of morpholine rings is 1. The zero-order chi connectivity index (χ0) is 19.8. The molecule has 0 saturated carbocycles. The van der Waals surface area contributed by atoms with Gasteiger partial charge in [-0.2, -0.15) is 22.6 Å². The molecule has 3 heterocycles. The Morgan fingerprint density at radius 1 is 1.26 bits per heavy atom. The lowest BCUT2D eigenvalue weighted by Gasteiger charge is -2.36. The second-order valence-electron chi connectivity index (χ2n) is 6.64. The van der Waals surface area contributed by atoms with Crippen molar-refractivity contribution in [1.82, 2.24) is 19.4 Å². The summed E-state index contributed by atoms with van der Waals surface area (Å²) >= 11 is 0. The van der Waals surface area contributed by atoms with E-state index in [0.717, 1.165) is 0 Å². The number of alkyl halides is 3. The summed E-state index contributed by atoms with van der Waals surface area (Å²) in [6.07, 6.45) is -4.01. The van der Waals surface area contributed by atoms with Crippen molar-refractivity contribution in [2.24, 2.45) is 0 Å². The average molecular weight is 410 g/mol. The third kappa shape index (κ3) is 3.97. The Kier molecular flexibility index (Phi) is 5.50. The van der Waals surface area contributed by atoms with Gasteiger partial charge >= 0.3 is 6.18 Å². The van der Waals surface area contributed by atoms with Crippen LogP contribution in [-0.2, 0) is 20.9 Å². The first kappa shape index (κ1) is 20.1. The van der Waals surface area contributed by atoms with Gasteiger partial charge < -0.3 is 9.64 Å². The van der Waals surface area contributed by atoms with Crippen molar-refractivity contribution in [2.45, 2.75) is 31.2 Å². The lowest BCUT2D eigenvalue weighted by Crippen LogP contribution is -2.52. The molecule has 1 atom stereocenters. The molecule has 3 rings (SSSR count). The van der Waals surface area contributed by atoms with Gasteiger partial charge in [0.15, 0.2) is 5.69 Å². The van der Waals surface area contributed by atoms with Crippen LogP contribution in [0.15, 0.2) is 0 Å². The fourth-order valence-corrected chi connectivity index (χ4v) is 5.34. The van der Waals surface area contributed by atoms with Crippen molar-refractivity contribution < 1.29 is 31.1 Å². The van der Waals surface area contributed by atoms with Crippen LogP contribution in [0.4, 0.5) is 13.2 Å². The van der Waals surface area contributed by atoms with E-state index in [4.69, 9.17) is 4.74 Å². The number of piperidine rings is 1. The van der Waals surface area contributed by atoms with Crippen molar-refractivity contribution >= 4 is 15.9 Å². The largest absolute Gasteiger partial charge is 0.435 e. The van der Waals surface area contributed by atoms with Crippen LogP contribution in [0.1, 0.15) is 34.6 Å². The molecule has 2 fully saturated rings. The average Bonchev–Trinajstić information content (AvgIpc) is 3.04. The number of carbonyl (C=O) groups is 1. The number of nitrogens with one attached hydrogen (secondary N) is 1. The number of carbonyl (C=O) groups excluding carboxylic acids is 1. The van der Waals surface area contributed by atoms with Crippen LogP contribution in [0.2, 0.25) is 0 Å². The standard InChI is InChI=1S/C15H21F3N4O4S/c1-10-12(13(20-19-10)15(16,17)18)14(23)21-4-2-3-11(9-21)27(24,25)22-5-7-26-8-6-22/h11H,2-9H2,1H3,(H,19,20). The molecule has 2 saturated heterocycles. The predicted octanol–water partition coefficient (Wildman–Crippen LogP) is 1.00. The minimum absolute atomic E-state index is 0.00508. The van der Waals surface area contributed by atoms with Gasteiger partial charge in [0.05, 0.1) is 24.0 Å². The quantitative estimate of drug-likeness (QED) is 0.802. The van der Waals surface area contributed by atoms with Gasteiger partial charge in [0.2, 0.25) is 10.0 Å². The van der Waals surface area contributed by atoms with E-state index in [1.54, 1.807) is 0 Å². The molecule has 152 valence electrons. The minimum Gasteiger partial charge on any atom is -0.379 e. The van der Waals surface area contributed by atoms with E-state index < -0.39 is 38.6 Å². The molecule has 27 heavy (non-hydrogen) atoms. The number of rotatable bonds is 3. The van der Waals surface area contributed by atoms with E-state index in [9.17, 15) is 26.4 Å². The number of aromatic amines is 1. The van der Waals surface area contributed by atoms with E-state index in [1.165, 1.54) is 16.1 Å². The molecular weight excluding hydrogens is 389 g/mol. The molecule has 0 aromatic carbocycles. The van der Waals surface area contributed by atoms with Crippen molar-refractivity contribution in [1.29, 1.82) is 0 Å². The van der Waals surface area contributed by atoms with Crippen molar-refractivity contribution in [2.75, 3.05) is 39.4 Å². The normalized spacial score (nSPS) is 22.8. The number of sulfonamides is 1. The number of H-pyrrole nitrogens is 1. The van der Waals surface area contributed by atoms with Crippen molar-refractivity contribution in [3.63, 3.8) is 0 Å². The molecule has 1 aromatic rings. The van der Waals surface area contributed by atoms with Crippen LogP contribution < -0.4 is 0 Å². The van der Waals surface area contributed by atoms with E-state index in [-0.39, 0.29) is 31.9 Å².